The van der Waals surface area contributed by atoms with E-state index in [2.05, 4.69) is 10.6 Å². The minimum Gasteiger partial charge on any atom is -0.497 e. The van der Waals surface area contributed by atoms with E-state index in [0.29, 0.717) is 11.3 Å². The van der Waals surface area contributed by atoms with Gasteiger partial charge in [-0.25, -0.2) is 0 Å². The summed E-state index contributed by atoms with van der Waals surface area (Å²) < 4.78 is 5.11. The Labute approximate surface area is 148 Å². The van der Waals surface area contributed by atoms with Crippen molar-refractivity contribution in [2.24, 2.45) is 0 Å². The highest BCUT2D eigenvalue weighted by Gasteiger charge is 2.18. The standard InChI is InChI=1S/C20H24N2O3/c1-20(2,3)22-19(24)16-7-5-6-8-17(16)21-18(23)13-14-9-11-15(25-4)12-10-14/h5-12H,13H2,1-4H3,(H,21,23)(H,22,24). The maximum Gasteiger partial charge on any atom is 0.253 e. The third-order valence-corrected chi connectivity index (χ3v) is 3.46. The monoisotopic (exact) mass is 340 g/mol. The number of carbonyl (C=O) groups is 2. The lowest BCUT2D eigenvalue weighted by molar-refractivity contribution is -0.115. The Morgan fingerprint density at radius 2 is 1.64 bits per heavy atom. The van der Waals surface area contributed by atoms with Gasteiger partial charge in [0.1, 0.15) is 5.75 Å². The Bertz CT molecular complexity index is 746. The van der Waals surface area contributed by atoms with Crippen LogP contribution in [0.2, 0.25) is 0 Å². The van der Waals surface area contributed by atoms with Crippen LogP contribution in [-0.4, -0.2) is 24.5 Å². The highest BCUT2D eigenvalue weighted by atomic mass is 16.5. The van der Waals surface area contributed by atoms with Gasteiger partial charge in [-0.15, -0.1) is 0 Å². The SMILES string of the molecule is COc1ccc(CC(=O)Nc2ccccc2C(=O)NC(C)(C)C)cc1. The van der Waals surface area contributed by atoms with E-state index in [4.69, 9.17) is 4.74 Å². The lowest BCUT2D eigenvalue weighted by Crippen LogP contribution is -2.40. The van der Waals surface area contributed by atoms with Gasteiger partial charge in [-0.3, -0.25) is 9.59 Å². The van der Waals surface area contributed by atoms with E-state index in [1.165, 1.54) is 0 Å². The summed E-state index contributed by atoms with van der Waals surface area (Å²) in [7, 11) is 1.60. The van der Waals surface area contributed by atoms with Crippen LogP contribution in [0.25, 0.3) is 0 Å². The lowest BCUT2D eigenvalue weighted by atomic mass is 10.1. The molecule has 2 amide bonds. The summed E-state index contributed by atoms with van der Waals surface area (Å²) >= 11 is 0. The molecule has 0 saturated heterocycles. The van der Waals surface area contributed by atoms with Gasteiger partial charge in [0.15, 0.2) is 0 Å². The van der Waals surface area contributed by atoms with E-state index in [1.54, 1.807) is 31.4 Å². The van der Waals surface area contributed by atoms with Gasteiger partial charge in [-0.1, -0.05) is 24.3 Å². The lowest BCUT2D eigenvalue weighted by Gasteiger charge is -2.21. The Morgan fingerprint density at radius 3 is 2.24 bits per heavy atom. The molecule has 0 aliphatic heterocycles. The second kappa shape index (κ2) is 7.83. The Hall–Kier alpha value is -2.82. The van der Waals surface area contributed by atoms with Crippen molar-refractivity contribution in [2.45, 2.75) is 32.7 Å². The Kier molecular flexibility index (Phi) is 5.80. The summed E-state index contributed by atoms with van der Waals surface area (Å²) in [6, 6.07) is 14.3. The Balaban J connectivity index is 2.08. The minimum atomic E-state index is -0.350. The molecule has 0 heterocycles. The first-order valence-electron chi connectivity index (χ1n) is 8.13. The molecule has 0 atom stereocenters. The van der Waals surface area contributed by atoms with E-state index in [0.717, 1.165) is 11.3 Å². The van der Waals surface area contributed by atoms with Crippen molar-refractivity contribution in [3.63, 3.8) is 0 Å². The maximum atomic E-state index is 12.4. The molecule has 5 heteroatoms. The van der Waals surface area contributed by atoms with Gasteiger partial charge in [0.25, 0.3) is 5.91 Å². The molecule has 0 aliphatic rings. The fourth-order valence-corrected chi connectivity index (χ4v) is 2.32. The first-order chi connectivity index (χ1) is 11.8. The topological polar surface area (TPSA) is 67.4 Å². The summed E-state index contributed by atoms with van der Waals surface area (Å²) in [5.41, 5.74) is 1.47. The molecule has 2 aromatic rings. The summed E-state index contributed by atoms with van der Waals surface area (Å²) in [5.74, 6) is 0.349. The van der Waals surface area contributed by atoms with Crippen molar-refractivity contribution < 1.29 is 14.3 Å². The fourth-order valence-electron chi connectivity index (χ4n) is 2.32. The minimum absolute atomic E-state index is 0.179. The summed E-state index contributed by atoms with van der Waals surface area (Å²) in [5, 5.41) is 5.73. The van der Waals surface area contributed by atoms with Crippen LogP contribution in [0.4, 0.5) is 5.69 Å². The number of amides is 2. The molecule has 0 bridgehead atoms. The average Bonchev–Trinajstić information content (AvgIpc) is 2.54. The number of hydrogen-bond donors (Lipinski definition) is 2. The van der Waals surface area contributed by atoms with Gasteiger partial charge in [0.05, 0.1) is 24.8 Å². The van der Waals surface area contributed by atoms with E-state index in [1.807, 2.05) is 45.0 Å². The predicted octanol–water partition coefficient (Wildman–Crippen LogP) is 3.40. The average molecular weight is 340 g/mol. The predicted molar refractivity (Wildman–Crippen MR) is 99.0 cm³/mol. The van der Waals surface area contributed by atoms with E-state index < -0.39 is 0 Å². The quantitative estimate of drug-likeness (QED) is 0.876. The molecule has 2 aromatic carbocycles. The van der Waals surface area contributed by atoms with Crippen LogP contribution in [0.3, 0.4) is 0 Å². The van der Waals surface area contributed by atoms with Gasteiger partial charge >= 0.3 is 0 Å². The molecule has 2 N–H and O–H groups in total. The number of carbonyl (C=O) groups excluding carboxylic acids is 2. The second-order valence-corrected chi connectivity index (χ2v) is 6.82. The summed E-state index contributed by atoms with van der Waals surface area (Å²) in [6.07, 6.45) is 0.221. The van der Waals surface area contributed by atoms with Crippen LogP contribution in [-0.2, 0) is 11.2 Å². The smallest absolute Gasteiger partial charge is 0.253 e. The van der Waals surface area contributed by atoms with Gasteiger partial charge in [0.2, 0.25) is 5.91 Å². The van der Waals surface area contributed by atoms with Crippen LogP contribution in [0, 0.1) is 0 Å². The van der Waals surface area contributed by atoms with Crippen LogP contribution in [0.5, 0.6) is 5.75 Å². The van der Waals surface area contributed by atoms with E-state index >= 15 is 0 Å². The number of benzene rings is 2. The molecule has 132 valence electrons. The van der Waals surface area contributed by atoms with Crippen molar-refractivity contribution in [2.75, 3.05) is 12.4 Å². The van der Waals surface area contributed by atoms with E-state index in [-0.39, 0.29) is 23.8 Å². The second-order valence-electron chi connectivity index (χ2n) is 6.82. The van der Waals surface area contributed by atoms with Crippen molar-refractivity contribution >= 4 is 17.5 Å². The number of nitrogens with one attached hydrogen (secondary N) is 2. The third kappa shape index (κ3) is 5.64. The molecule has 0 radical (unpaired) electrons. The molecular formula is C20H24N2O3. The molecule has 0 unspecified atom stereocenters. The molecule has 0 aliphatic carbocycles. The van der Waals surface area contributed by atoms with Crippen LogP contribution in [0.1, 0.15) is 36.7 Å². The number of ether oxygens (including phenoxy) is 1. The van der Waals surface area contributed by atoms with Crippen molar-refractivity contribution in [3.8, 4) is 5.75 Å². The maximum absolute atomic E-state index is 12.4. The zero-order chi connectivity index (χ0) is 18.4. The number of para-hydroxylation sites is 1. The number of methoxy groups -OCH3 is 1. The molecular weight excluding hydrogens is 316 g/mol. The zero-order valence-corrected chi connectivity index (χ0v) is 15.1. The first kappa shape index (κ1) is 18.5. The molecule has 0 aromatic heterocycles. The van der Waals surface area contributed by atoms with E-state index in [9.17, 15) is 9.59 Å². The number of rotatable bonds is 5. The molecule has 2 rings (SSSR count). The molecule has 0 fully saturated rings. The van der Waals surface area contributed by atoms with Crippen LogP contribution >= 0.6 is 0 Å². The molecule has 25 heavy (non-hydrogen) atoms. The van der Waals surface area contributed by atoms with Crippen molar-refractivity contribution in [1.82, 2.24) is 5.32 Å². The van der Waals surface area contributed by atoms with Crippen molar-refractivity contribution in [3.05, 3.63) is 59.7 Å². The highest BCUT2D eigenvalue weighted by molar-refractivity contribution is 6.04. The zero-order valence-electron chi connectivity index (χ0n) is 15.1. The highest BCUT2D eigenvalue weighted by Crippen LogP contribution is 2.17. The van der Waals surface area contributed by atoms with Gasteiger partial charge < -0.3 is 15.4 Å². The largest absolute Gasteiger partial charge is 0.497 e. The first-order valence-corrected chi connectivity index (χ1v) is 8.13. The summed E-state index contributed by atoms with van der Waals surface area (Å²) in [4.78, 5) is 24.7. The number of anilines is 1. The van der Waals surface area contributed by atoms with Gasteiger partial charge in [-0.2, -0.15) is 0 Å². The molecule has 5 nitrogen and oxygen atoms in total. The molecule has 0 spiro atoms. The Morgan fingerprint density at radius 1 is 1.00 bits per heavy atom. The normalized spacial score (nSPS) is 10.9. The van der Waals surface area contributed by atoms with Crippen LogP contribution < -0.4 is 15.4 Å². The van der Waals surface area contributed by atoms with Gasteiger partial charge in [-0.05, 0) is 50.6 Å². The summed E-state index contributed by atoms with van der Waals surface area (Å²) in [6.45, 7) is 5.74. The number of hydrogen-bond acceptors (Lipinski definition) is 3. The fraction of sp³-hybridized carbons (Fsp3) is 0.300. The molecule has 0 saturated carbocycles. The third-order valence-electron chi connectivity index (χ3n) is 3.46. The van der Waals surface area contributed by atoms with Crippen LogP contribution in [0.15, 0.2) is 48.5 Å². The van der Waals surface area contributed by atoms with Crippen molar-refractivity contribution in [1.29, 1.82) is 0 Å². The van der Waals surface area contributed by atoms with Gasteiger partial charge in [0, 0.05) is 5.54 Å².